The average Bonchev–Trinajstić information content (AvgIpc) is 3.13. The Hall–Kier alpha value is -2.08. The summed E-state index contributed by atoms with van der Waals surface area (Å²) in [4.78, 5) is 29.0. The molecule has 0 bridgehead atoms. The van der Waals surface area contributed by atoms with E-state index in [0.717, 1.165) is 18.5 Å². The van der Waals surface area contributed by atoms with Crippen LogP contribution in [0.25, 0.3) is 0 Å². The number of anilines is 1. The summed E-state index contributed by atoms with van der Waals surface area (Å²) in [6, 6.07) is 14.4. The van der Waals surface area contributed by atoms with Gasteiger partial charge >= 0.3 is 0 Å². The molecule has 0 saturated carbocycles. The molecular formula is C21H23Cl2N3O2. The van der Waals surface area contributed by atoms with E-state index in [0.29, 0.717) is 28.7 Å². The van der Waals surface area contributed by atoms with Crippen LogP contribution in [0.3, 0.4) is 0 Å². The second-order valence-corrected chi connectivity index (χ2v) is 7.82. The van der Waals surface area contributed by atoms with Crippen molar-refractivity contribution in [1.29, 1.82) is 0 Å². The number of nitrogens with one attached hydrogen (secondary N) is 1. The lowest BCUT2D eigenvalue weighted by Crippen LogP contribution is -2.45. The van der Waals surface area contributed by atoms with Gasteiger partial charge in [-0.2, -0.15) is 0 Å². The highest BCUT2D eigenvalue weighted by Crippen LogP contribution is 2.27. The van der Waals surface area contributed by atoms with Gasteiger partial charge in [0.25, 0.3) is 0 Å². The molecule has 7 heteroatoms. The first-order valence-electron chi connectivity index (χ1n) is 9.22. The second-order valence-electron chi connectivity index (χ2n) is 6.98. The van der Waals surface area contributed by atoms with Crippen LogP contribution in [0.15, 0.2) is 48.5 Å². The Balaban J connectivity index is 1.59. The van der Waals surface area contributed by atoms with Gasteiger partial charge in [0.2, 0.25) is 11.8 Å². The van der Waals surface area contributed by atoms with Gasteiger partial charge in [0, 0.05) is 18.6 Å². The first-order valence-corrected chi connectivity index (χ1v) is 9.97. The zero-order valence-corrected chi connectivity index (χ0v) is 17.2. The molecule has 2 amide bonds. The summed E-state index contributed by atoms with van der Waals surface area (Å²) in [5.41, 5.74) is 1.60. The molecule has 28 heavy (non-hydrogen) atoms. The number of amides is 2. The molecule has 1 heterocycles. The highest BCUT2D eigenvalue weighted by Gasteiger charge is 2.32. The van der Waals surface area contributed by atoms with E-state index in [1.54, 1.807) is 30.1 Å². The molecule has 5 nitrogen and oxygen atoms in total. The number of nitrogens with zero attached hydrogens (tertiary/aromatic N) is 2. The summed E-state index contributed by atoms with van der Waals surface area (Å²) in [5.74, 6) is -0.159. The SMILES string of the molecule is CN(Cc1ccccc1)C(=O)CN1CCC[C@@H]1C(=O)Nc1ccc(Cl)cc1Cl. The molecule has 2 aromatic carbocycles. The third-order valence-electron chi connectivity index (χ3n) is 4.88. The highest BCUT2D eigenvalue weighted by molar-refractivity contribution is 6.36. The fourth-order valence-electron chi connectivity index (χ4n) is 3.36. The Bertz CT molecular complexity index is 845. The molecule has 0 aliphatic carbocycles. The number of carbonyl (C=O) groups excluding carboxylic acids is 2. The molecule has 1 fully saturated rings. The van der Waals surface area contributed by atoms with Crippen LogP contribution >= 0.6 is 23.2 Å². The molecule has 0 radical (unpaired) electrons. The van der Waals surface area contributed by atoms with E-state index in [-0.39, 0.29) is 24.4 Å². The number of likely N-dealkylation sites (N-methyl/N-ethyl adjacent to an activating group) is 1. The minimum atomic E-state index is -0.346. The highest BCUT2D eigenvalue weighted by atomic mass is 35.5. The zero-order chi connectivity index (χ0) is 20.1. The first-order chi connectivity index (χ1) is 13.4. The van der Waals surface area contributed by atoms with Crippen molar-refractivity contribution in [3.05, 3.63) is 64.1 Å². The Morgan fingerprint density at radius 1 is 1.18 bits per heavy atom. The second kappa shape index (κ2) is 9.41. The topological polar surface area (TPSA) is 52.7 Å². The summed E-state index contributed by atoms with van der Waals surface area (Å²) in [5, 5.41) is 3.76. The molecule has 2 aromatic rings. The lowest BCUT2D eigenvalue weighted by atomic mass is 10.2. The molecular weight excluding hydrogens is 397 g/mol. The van der Waals surface area contributed by atoms with Crippen molar-refractivity contribution < 1.29 is 9.59 Å². The smallest absolute Gasteiger partial charge is 0.241 e. The third kappa shape index (κ3) is 5.25. The molecule has 0 unspecified atom stereocenters. The molecule has 148 valence electrons. The van der Waals surface area contributed by atoms with Crippen molar-refractivity contribution in [2.75, 3.05) is 25.5 Å². The summed E-state index contributed by atoms with van der Waals surface area (Å²) < 4.78 is 0. The predicted molar refractivity (Wildman–Crippen MR) is 113 cm³/mol. The van der Waals surface area contributed by atoms with E-state index in [1.165, 1.54) is 0 Å². The van der Waals surface area contributed by atoms with E-state index < -0.39 is 0 Å². The molecule has 3 rings (SSSR count). The number of rotatable bonds is 6. The standard InChI is InChI=1S/C21H23Cl2N3O2/c1-25(13-15-6-3-2-4-7-15)20(27)14-26-11-5-8-19(26)21(28)24-18-10-9-16(22)12-17(18)23/h2-4,6-7,9-10,12,19H,5,8,11,13-14H2,1H3,(H,24,28)/t19-/m1/s1. The van der Waals surface area contributed by atoms with E-state index in [4.69, 9.17) is 23.2 Å². The Morgan fingerprint density at radius 2 is 1.93 bits per heavy atom. The van der Waals surface area contributed by atoms with Crippen LogP contribution in [-0.4, -0.2) is 47.8 Å². The van der Waals surface area contributed by atoms with Gasteiger partial charge in [0.05, 0.1) is 23.3 Å². The fraction of sp³-hybridized carbons (Fsp3) is 0.333. The Labute approximate surface area is 175 Å². The van der Waals surface area contributed by atoms with Gasteiger partial charge in [0.15, 0.2) is 0 Å². The van der Waals surface area contributed by atoms with Crippen molar-refractivity contribution in [2.45, 2.75) is 25.4 Å². The minimum Gasteiger partial charge on any atom is -0.340 e. The molecule has 1 saturated heterocycles. The number of likely N-dealkylation sites (tertiary alicyclic amines) is 1. The Kier molecular flexibility index (Phi) is 6.94. The molecule has 1 atom stereocenters. The van der Waals surface area contributed by atoms with Crippen LogP contribution in [0.5, 0.6) is 0 Å². The van der Waals surface area contributed by atoms with Gasteiger partial charge in [-0.15, -0.1) is 0 Å². The van der Waals surface area contributed by atoms with Crippen LogP contribution in [0.2, 0.25) is 10.0 Å². The van der Waals surface area contributed by atoms with Crippen molar-refractivity contribution in [3.8, 4) is 0 Å². The van der Waals surface area contributed by atoms with E-state index in [1.807, 2.05) is 35.2 Å². The van der Waals surface area contributed by atoms with Crippen molar-refractivity contribution >= 4 is 40.7 Å². The number of carbonyl (C=O) groups is 2. The lowest BCUT2D eigenvalue weighted by Gasteiger charge is -2.26. The fourth-order valence-corrected chi connectivity index (χ4v) is 3.81. The molecule has 0 aromatic heterocycles. The van der Waals surface area contributed by atoms with Gasteiger partial charge in [-0.25, -0.2) is 0 Å². The zero-order valence-electron chi connectivity index (χ0n) is 15.7. The molecule has 0 spiro atoms. The predicted octanol–water partition coefficient (Wildman–Crippen LogP) is 4.05. The van der Waals surface area contributed by atoms with Gasteiger partial charge < -0.3 is 10.2 Å². The summed E-state index contributed by atoms with van der Waals surface area (Å²) in [7, 11) is 1.79. The molecule has 1 N–H and O–H groups in total. The minimum absolute atomic E-state index is 0.00641. The third-order valence-corrected chi connectivity index (χ3v) is 5.43. The molecule has 1 aliphatic heterocycles. The molecule has 1 aliphatic rings. The van der Waals surface area contributed by atoms with Crippen molar-refractivity contribution in [3.63, 3.8) is 0 Å². The maximum absolute atomic E-state index is 12.7. The average molecular weight is 420 g/mol. The van der Waals surface area contributed by atoms with E-state index in [9.17, 15) is 9.59 Å². The summed E-state index contributed by atoms with van der Waals surface area (Å²) in [6.07, 6.45) is 1.59. The quantitative estimate of drug-likeness (QED) is 0.767. The first kappa shape index (κ1) is 20.6. The van der Waals surface area contributed by atoms with Gasteiger partial charge in [-0.05, 0) is 43.1 Å². The number of hydrogen-bond acceptors (Lipinski definition) is 3. The van der Waals surface area contributed by atoms with E-state index >= 15 is 0 Å². The van der Waals surface area contributed by atoms with Crippen LogP contribution in [-0.2, 0) is 16.1 Å². The largest absolute Gasteiger partial charge is 0.340 e. The van der Waals surface area contributed by atoms with Crippen molar-refractivity contribution in [2.24, 2.45) is 0 Å². The van der Waals surface area contributed by atoms with Gasteiger partial charge in [0.1, 0.15) is 0 Å². The maximum Gasteiger partial charge on any atom is 0.241 e. The maximum atomic E-state index is 12.7. The van der Waals surface area contributed by atoms with Crippen molar-refractivity contribution in [1.82, 2.24) is 9.80 Å². The Morgan fingerprint density at radius 3 is 2.64 bits per heavy atom. The monoisotopic (exact) mass is 419 g/mol. The number of benzene rings is 2. The van der Waals surface area contributed by atoms with Crippen LogP contribution in [0, 0.1) is 0 Å². The van der Waals surface area contributed by atoms with Crippen LogP contribution in [0.1, 0.15) is 18.4 Å². The summed E-state index contributed by atoms with van der Waals surface area (Å²) >= 11 is 12.0. The lowest BCUT2D eigenvalue weighted by molar-refractivity contribution is -0.132. The number of halogens is 2. The van der Waals surface area contributed by atoms with Gasteiger partial charge in [-0.1, -0.05) is 53.5 Å². The summed E-state index contributed by atoms with van der Waals surface area (Å²) in [6.45, 7) is 1.48. The van der Waals surface area contributed by atoms with Crippen LogP contribution in [0.4, 0.5) is 5.69 Å². The number of hydrogen-bond donors (Lipinski definition) is 1. The van der Waals surface area contributed by atoms with E-state index in [2.05, 4.69) is 5.32 Å². The normalized spacial score (nSPS) is 16.8. The van der Waals surface area contributed by atoms with Gasteiger partial charge in [-0.3, -0.25) is 14.5 Å². The van der Waals surface area contributed by atoms with Crippen LogP contribution < -0.4 is 5.32 Å².